The second-order valence-corrected chi connectivity index (χ2v) is 5.71. The molecule has 0 aliphatic heterocycles. The Morgan fingerprint density at radius 3 is 2.94 bits per heavy atom. The van der Waals surface area contributed by atoms with Crippen LogP contribution in [0.1, 0.15) is 23.3 Å². The highest BCUT2D eigenvalue weighted by atomic mass is 32.1. The van der Waals surface area contributed by atoms with Crippen LogP contribution in [0.25, 0.3) is 10.2 Å². The quantitative estimate of drug-likeness (QED) is 0.885. The van der Waals surface area contributed by atoms with Crippen LogP contribution in [0.15, 0.2) is 6.33 Å². The number of aromatic nitrogens is 2. The van der Waals surface area contributed by atoms with Crippen molar-refractivity contribution in [3.8, 4) is 0 Å². The summed E-state index contributed by atoms with van der Waals surface area (Å²) in [7, 11) is 0. The summed E-state index contributed by atoms with van der Waals surface area (Å²) in [6.07, 6.45) is 4.39. The highest BCUT2D eigenvalue weighted by Crippen LogP contribution is 2.34. The first-order chi connectivity index (χ1) is 7.75. The van der Waals surface area contributed by atoms with E-state index in [-0.39, 0.29) is 0 Å². The normalized spacial score (nSPS) is 15.6. The van der Waals surface area contributed by atoms with Gasteiger partial charge in [0.2, 0.25) is 0 Å². The number of fused-ring (bicyclic) bond motifs is 1. The number of rotatable bonds is 3. The van der Waals surface area contributed by atoms with Crippen molar-refractivity contribution in [3.05, 3.63) is 16.8 Å². The minimum atomic E-state index is 0.866. The fraction of sp³-hybridized carbons (Fsp3) is 0.500. The molecule has 0 atom stereocenters. The lowest BCUT2D eigenvalue weighted by Gasteiger charge is -2.05. The molecular weight excluding hydrogens is 218 g/mol. The molecule has 16 heavy (non-hydrogen) atoms. The average molecular weight is 233 g/mol. The van der Waals surface area contributed by atoms with Crippen LogP contribution in [0, 0.1) is 19.8 Å². The molecule has 84 valence electrons. The van der Waals surface area contributed by atoms with Crippen molar-refractivity contribution in [2.75, 3.05) is 11.9 Å². The molecule has 0 radical (unpaired) electrons. The lowest BCUT2D eigenvalue weighted by atomic mass is 10.2. The number of aryl methyl sites for hydroxylation is 2. The molecule has 2 aromatic rings. The first-order valence-electron chi connectivity index (χ1n) is 5.70. The highest BCUT2D eigenvalue weighted by Gasteiger charge is 2.21. The predicted octanol–water partition coefficient (Wildman–Crippen LogP) is 3.13. The van der Waals surface area contributed by atoms with Gasteiger partial charge in [0.1, 0.15) is 17.0 Å². The lowest BCUT2D eigenvalue weighted by Crippen LogP contribution is -2.05. The molecule has 0 unspecified atom stereocenters. The standard InChI is InChI=1S/C12H15N3S/c1-7-8(2)16-12-10(7)11(14-6-15-12)13-5-9-3-4-9/h6,9H,3-5H2,1-2H3,(H,13,14,15). The van der Waals surface area contributed by atoms with Crippen LogP contribution >= 0.6 is 11.3 Å². The Morgan fingerprint density at radius 2 is 2.19 bits per heavy atom. The van der Waals surface area contributed by atoms with E-state index >= 15 is 0 Å². The number of hydrogen-bond acceptors (Lipinski definition) is 4. The zero-order valence-corrected chi connectivity index (χ0v) is 10.4. The molecule has 2 heterocycles. The Balaban J connectivity index is 2.01. The average Bonchev–Trinajstić information content (AvgIpc) is 3.05. The largest absolute Gasteiger partial charge is 0.369 e. The van der Waals surface area contributed by atoms with Gasteiger partial charge in [0, 0.05) is 11.4 Å². The lowest BCUT2D eigenvalue weighted by molar-refractivity contribution is 0.883. The zero-order chi connectivity index (χ0) is 11.1. The summed E-state index contributed by atoms with van der Waals surface area (Å²) in [4.78, 5) is 11.1. The summed E-state index contributed by atoms with van der Waals surface area (Å²) in [5, 5.41) is 4.67. The van der Waals surface area contributed by atoms with E-state index < -0.39 is 0 Å². The summed E-state index contributed by atoms with van der Waals surface area (Å²) in [5.74, 6) is 1.88. The number of anilines is 1. The number of nitrogens with one attached hydrogen (secondary N) is 1. The summed E-state index contributed by atoms with van der Waals surface area (Å²) >= 11 is 1.75. The van der Waals surface area contributed by atoms with Gasteiger partial charge in [-0.05, 0) is 38.2 Å². The molecule has 1 aliphatic rings. The zero-order valence-electron chi connectivity index (χ0n) is 9.58. The summed E-state index contributed by atoms with van der Waals surface area (Å²) in [5.41, 5.74) is 1.32. The van der Waals surface area contributed by atoms with Gasteiger partial charge in [-0.1, -0.05) is 0 Å². The van der Waals surface area contributed by atoms with Gasteiger partial charge in [-0.3, -0.25) is 0 Å². The molecule has 1 fully saturated rings. The highest BCUT2D eigenvalue weighted by molar-refractivity contribution is 7.18. The second-order valence-electron chi connectivity index (χ2n) is 4.51. The van der Waals surface area contributed by atoms with Crippen molar-refractivity contribution in [1.29, 1.82) is 0 Å². The van der Waals surface area contributed by atoms with Gasteiger partial charge in [0.25, 0.3) is 0 Å². The second kappa shape index (κ2) is 3.70. The molecule has 0 spiro atoms. The fourth-order valence-electron chi connectivity index (χ4n) is 1.88. The van der Waals surface area contributed by atoms with E-state index in [0.29, 0.717) is 0 Å². The van der Waals surface area contributed by atoms with E-state index in [2.05, 4.69) is 29.1 Å². The maximum absolute atomic E-state index is 4.37. The topological polar surface area (TPSA) is 37.8 Å². The van der Waals surface area contributed by atoms with E-state index in [9.17, 15) is 0 Å². The Kier molecular flexibility index (Phi) is 2.32. The predicted molar refractivity (Wildman–Crippen MR) is 68.1 cm³/mol. The van der Waals surface area contributed by atoms with E-state index in [1.165, 1.54) is 28.7 Å². The van der Waals surface area contributed by atoms with Gasteiger partial charge in [-0.2, -0.15) is 0 Å². The van der Waals surface area contributed by atoms with Gasteiger partial charge < -0.3 is 5.32 Å². The molecule has 1 aliphatic carbocycles. The molecule has 2 aromatic heterocycles. The van der Waals surface area contributed by atoms with E-state index in [4.69, 9.17) is 0 Å². The van der Waals surface area contributed by atoms with Gasteiger partial charge in [-0.25, -0.2) is 9.97 Å². The molecule has 0 aromatic carbocycles. The van der Waals surface area contributed by atoms with E-state index in [0.717, 1.165) is 23.1 Å². The van der Waals surface area contributed by atoms with Crippen LogP contribution in [0.4, 0.5) is 5.82 Å². The van der Waals surface area contributed by atoms with Crippen LogP contribution in [-0.2, 0) is 0 Å². The van der Waals surface area contributed by atoms with Crippen LogP contribution < -0.4 is 5.32 Å². The minimum absolute atomic E-state index is 0.866. The van der Waals surface area contributed by atoms with Crippen molar-refractivity contribution in [1.82, 2.24) is 9.97 Å². The molecular formula is C12H15N3S. The van der Waals surface area contributed by atoms with E-state index in [1.807, 2.05) is 0 Å². The van der Waals surface area contributed by atoms with Gasteiger partial charge in [0.15, 0.2) is 0 Å². The van der Waals surface area contributed by atoms with Gasteiger partial charge in [-0.15, -0.1) is 11.3 Å². The Labute approximate surface area is 98.9 Å². The van der Waals surface area contributed by atoms with Crippen LogP contribution in [0.2, 0.25) is 0 Å². The van der Waals surface area contributed by atoms with Crippen LogP contribution in [-0.4, -0.2) is 16.5 Å². The summed E-state index contributed by atoms with van der Waals surface area (Å²) < 4.78 is 0. The van der Waals surface area contributed by atoms with Crippen molar-refractivity contribution in [2.24, 2.45) is 5.92 Å². The minimum Gasteiger partial charge on any atom is -0.369 e. The number of hydrogen-bond donors (Lipinski definition) is 1. The first-order valence-corrected chi connectivity index (χ1v) is 6.52. The molecule has 4 heteroatoms. The third kappa shape index (κ3) is 1.67. The molecule has 1 N–H and O–H groups in total. The third-order valence-corrected chi connectivity index (χ3v) is 4.34. The summed E-state index contributed by atoms with van der Waals surface area (Å²) in [6, 6.07) is 0. The molecule has 0 saturated heterocycles. The molecule has 0 bridgehead atoms. The maximum atomic E-state index is 4.37. The van der Waals surface area contributed by atoms with Gasteiger partial charge >= 0.3 is 0 Å². The molecule has 0 amide bonds. The SMILES string of the molecule is Cc1sc2ncnc(NCC3CC3)c2c1C. The third-order valence-electron chi connectivity index (χ3n) is 3.22. The first kappa shape index (κ1) is 10.0. The van der Waals surface area contributed by atoms with Crippen LogP contribution in [0.3, 0.4) is 0 Å². The van der Waals surface area contributed by atoms with Crippen molar-refractivity contribution >= 4 is 27.4 Å². The molecule has 1 saturated carbocycles. The summed E-state index contributed by atoms with van der Waals surface area (Å²) in [6.45, 7) is 5.35. The number of nitrogens with zero attached hydrogens (tertiary/aromatic N) is 2. The van der Waals surface area contributed by atoms with Crippen molar-refractivity contribution in [3.63, 3.8) is 0 Å². The Morgan fingerprint density at radius 1 is 1.38 bits per heavy atom. The number of thiophene rings is 1. The monoisotopic (exact) mass is 233 g/mol. The van der Waals surface area contributed by atoms with Crippen LogP contribution in [0.5, 0.6) is 0 Å². The Hall–Kier alpha value is -1.16. The maximum Gasteiger partial charge on any atom is 0.138 e. The smallest absolute Gasteiger partial charge is 0.138 e. The molecule has 3 nitrogen and oxygen atoms in total. The molecule has 3 rings (SSSR count). The Bertz CT molecular complexity index is 528. The van der Waals surface area contributed by atoms with E-state index in [1.54, 1.807) is 17.7 Å². The van der Waals surface area contributed by atoms with Crippen molar-refractivity contribution < 1.29 is 0 Å². The van der Waals surface area contributed by atoms with Gasteiger partial charge in [0.05, 0.1) is 5.39 Å². The fourth-order valence-corrected chi connectivity index (χ4v) is 2.88. The van der Waals surface area contributed by atoms with Crippen molar-refractivity contribution in [2.45, 2.75) is 26.7 Å².